The lowest BCUT2D eigenvalue weighted by atomic mass is 10.2. The monoisotopic (exact) mass is 324 g/mol. The highest BCUT2D eigenvalue weighted by Gasteiger charge is 2.05. The predicted molar refractivity (Wildman–Crippen MR) is 95.7 cm³/mol. The van der Waals surface area contributed by atoms with Crippen LogP contribution < -0.4 is 9.47 Å². The van der Waals surface area contributed by atoms with Gasteiger partial charge in [-0.05, 0) is 56.1 Å². The van der Waals surface area contributed by atoms with Crippen molar-refractivity contribution in [3.63, 3.8) is 0 Å². The standard InChI is InChI=1S/C20H24N2O2/c1-4-14-22(15-5-1)16-6-7-17-23-18-9-11-19(12-10-18)24-20-8-2-3-13-21-20/h1-4,8-13H,5-7,14-17H2. The van der Waals surface area contributed by atoms with Crippen molar-refractivity contribution in [3.8, 4) is 17.4 Å². The summed E-state index contributed by atoms with van der Waals surface area (Å²) >= 11 is 0. The molecule has 2 aromatic rings. The Morgan fingerprint density at radius 3 is 2.58 bits per heavy atom. The molecule has 24 heavy (non-hydrogen) atoms. The van der Waals surface area contributed by atoms with Gasteiger partial charge in [0.1, 0.15) is 11.5 Å². The molecule has 0 N–H and O–H groups in total. The van der Waals surface area contributed by atoms with Crippen LogP contribution in [0.15, 0.2) is 60.8 Å². The van der Waals surface area contributed by atoms with Crippen molar-refractivity contribution in [3.05, 3.63) is 60.8 Å². The molecular formula is C20H24N2O2. The lowest BCUT2D eigenvalue weighted by molar-refractivity contribution is 0.263. The molecule has 126 valence electrons. The Morgan fingerprint density at radius 2 is 1.83 bits per heavy atom. The molecule has 2 heterocycles. The molecule has 4 nitrogen and oxygen atoms in total. The molecule has 0 fully saturated rings. The van der Waals surface area contributed by atoms with E-state index < -0.39 is 0 Å². The molecule has 0 unspecified atom stereocenters. The Morgan fingerprint density at radius 1 is 0.958 bits per heavy atom. The minimum atomic E-state index is 0.596. The smallest absolute Gasteiger partial charge is 0.219 e. The van der Waals surface area contributed by atoms with E-state index in [-0.39, 0.29) is 0 Å². The van der Waals surface area contributed by atoms with Crippen LogP contribution in [0, 0.1) is 0 Å². The fraction of sp³-hybridized carbons (Fsp3) is 0.350. The lowest BCUT2D eigenvalue weighted by Gasteiger charge is -2.22. The van der Waals surface area contributed by atoms with Crippen molar-refractivity contribution in [2.24, 2.45) is 0 Å². The third kappa shape index (κ3) is 5.39. The maximum absolute atomic E-state index is 5.80. The van der Waals surface area contributed by atoms with Gasteiger partial charge in [0.05, 0.1) is 6.61 Å². The number of ether oxygens (including phenoxy) is 2. The van der Waals surface area contributed by atoms with Crippen molar-refractivity contribution < 1.29 is 9.47 Å². The number of hydrogen-bond donors (Lipinski definition) is 0. The second-order valence-electron chi connectivity index (χ2n) is 5.86. The van der Waals surface area contributed by atoms with Gasteiger partial charge in [-0.2, -0.15) is 0 Å². The van der Waals surface area contributed by atoms with Crippen LogP contribution >= 0.6 is 0 Å². The predicted octanol–water partition coefficient (Wildman–Crippen LogP) is 4.29. The minimum absolute atomic E-state index is 0.596. The van der Waals surface area contributed by atoms with E-state index in [0.29, 0.717) is 5.88 Å². The van der Waals surface area contributed by atoms with Gasteiger partial charge in [-0.15, -0.1) is 0 Å². The van der Waals surface area contributed by atoms with E-state index in [4.69, 9.17) is 9.47 Å². The van der Waals surface area contributed by atoms with Crippen molar-refractivity contribution >= 4 is 0 Å². The zero-order valence-corrected chi connectivity index (χ0v) is 13.9. The molecule has 1 aliphatic heterocycles. The van der Waals surface area contributed by atoms with Gasteiger partial charge in [0.15, 0.2) is 0 Å². The highest BCUT2D eigenvalue weighted by Crippen LogP contribution is 2.22. The summed E-state index contributed by atoms with van der Waals surface area (Å²) in [5.41, 5.74) is 0. The van der Waals surface area contributed by atoms with Gasteiger partial charge in [0.2, 0.25) is 5.88 Å². The first-order valence-corrected chi connectivity index (χ1v) is 8.59. The van der Waals surface area contributed by atoms with Gasteiger partial charge in [-0.3, -0.25) is 4.90 Å². The number of unbranched alkanes of at least 4 members (excludes halogenated alkanes) is 1. The summed E-state index contributed by atoms with van der Waals surface area (Å²) in [6.45, 7) is 4.20. The molecule has 1 aromatic carbocycles. The van der Waals surface area contributed by atoms with Crippen molar-refractivity contribution in [1.82, 2.24) is 9.88 Å². The molecule has 0 saturated heterocycles. The number of pyridine rings is 1. The second-order valence-corrected chi connectivity index (χ2v) is 5.86. The molecular weight excluding hydrogens is 300 g/mol. The van der Waals surface area contributed by atoms with Gasteiger partial charge in [-0.1, -0.05) is 18.2 Å². The molecule has 4 heteroatoms. The van der Waals surface area contributed by atoms with E-state index in [9.17, 15) is 0 Å². The van der Waals surface area contributed by atoms with Crippen LogP contribution in [0.4, 0.5) is 0 Å². The van der Waals surface area contributed by atoms with Crippen molar-refractivity contribution in [2.75, 3.05) is 26.2 Å². The first-order chi connectivity index (χ1) is 11.9. The van der Waals surface area contributed by atoms with E-state index >= 15 is 0 Å². The number of benzene rings is 1. The summed E-state index contributed by atoms with van der Waals surface area (Å²) in [4.78, 5) is 6.63. The number of aromatic nitrogens is 1. The maximum atomic E-state index is 5.80. The van der Waals surface area contributed by atoms with Crippen LogP contribution in [0.1, 0.15) is 19.3 Å². The van der Waals surface area contributed by atoms with Crippen LogP contribution in [-0.4, -0.2) is 36.1 Å². The average Bonchev–Trinajstić information content (AvgIpc) is 2.65. The fourth-order valence-corrected chi connectivity index (χ4v) is 2.65. The molecule has 0 spiro atoms. The quantitative estimate of drug-likeness (QED) is 0.536. The second kappa shape index (κ2) is 9.08. The topological polar surface area (TPSA) is 34.6 Å². The largest absolute Gasteiger partial charge is 0.494 e. The highest BCUT2D eigenvalue weighted by molar-refractivity contribution is 5.33. The molecule has 0 radical (unpaired) electrons. The lowest BCUT2D eigenvalue weighted by Crippen LogP contribution is -2.28. The molecule has 0 aliphatic carbocycles. The summed E-state index contributed by atoms with van der Waals surface area (Å²) in [5, 5.41) is 0. The zero-order valence-electron chi connectivity index (χ0n) is 13.9. The van der Waals surface area contributed by atoms with E-state index in [1.54, 1.807) is 6.20 Å². The first kappa shape index (κ1) is 16.5. The van der Waals surface area contributed by atoms with Gasteiger partial charge >= 0.3 is 0 Å². The Balaban J connectivity index is 1.34. The van der Waals surface area contributed by atoms with Crippen LogP contribution in [0.5, 0.6) is 17.4 Å². The molecule has 0 atom stereocenters. The summed E-state index contributed by atoms with van der Waals surface area (Å²) in [5.74, 6) is 2.24. The van der Waals surface area contributed by atoms with Crippen LogP contribution in [0.2, 0.25) is 0 Å². The molecule has 0 saturated carbocycles. The maximum Gasteiger partial charge on any atom is 0.219 e. The van der Waals surface area contributed by atoms with E-state index in [0.717, 1.165) is 37.6 Å². The van der Waals surface area contributed by atoms with Crippen molar-refractivity contribution in [2.45, 2.75) is 19.3 Å². The Labute approximate surface area is 143 Å². The van der Waals surface area contributed by atoms with Gasteiger partial charge in [0, 0.05) is 25.4 Å². The Bertz CT molecular complexity index is 626. The molecule has 1 aromatic heterocycles. The summed E-state index contributed by atoms with van der Waals surface area (Å²) in [6, 6.07) is 13.3. The minimum Gasteiger partial charge on any atom is -0.494 e. The molecule has 0 bridgehead atoms. The van der Waals surface area contributed by atoms with Crippen molar-refractivity contribution in [1.29, 1.82) is 0 Å². The fourth-order valence-electron chi connectivity index (χ4n) is 2.65. The van der Waals surface area contributed by atoms with Crippen LogP contribution in [-0.2, 0) is 0 Å². The van der Waals surface area contributed by atoms with E-state index in [2.05, 4.69) is 22.0 Å². The third-order valence-electron chi connectivity index (χ3n) is 3.96. The highest BCUT2D eigenvalue weighted by atomic mass is 16.5. The average molecular weight is 324 g/mol. The van der Waals surface area contributed by atoms with E-state index in [1.807, 2.05) is 42.5 Å². The van der Waals surface area contributed by atoms with Crippen LogP contribution in [0.3, 0.4) is 0 Å². The normalized spacial score (nSPS) is 14.5. The summed E-state index contributed by atoms with van der Waals surface area (Å²) in [7, 11) is 0. The van der Waals surface area contributed by atoms with Gasteiger partial charge in [0.25, 0.3) is 0 Å². The number of hydrogen-bond acceptors (Lipinski definition) is 4. The number of nitrogens with zero attached hydrogens (tertiary/aromatic N) is 2. The van der Waals surface area contributed by atoms with E-state index in [1.165, 1.54) is 19.4 Å². The summed E-state index contributed by atoms with van der Waals surface area (Å²) < 4.78 is 11.5. The first-order valence-electron chi connectivity index (χ1n) is 8.59. The SMILES string of the molecule is C1=CCN(CCCCOc2ccc(Oc3ccccn3)cc2)CC1. The molecule has 1 aliphatic rings. The molecule has 3 rings (SSSR count). The number of rotatable bonds is 8. The van der Waals surface area contributed by atoms with Gasteiger partial charge < -0.3 is 9.47 Å². The molecule has 0 amide bonds. The Hall–Kier alpha value is -2.33. The summed E-state index contributed by atoms with van der Waals surface area (Å²) in [6.07, 6.45) is 9.67. The van der Waals surface area contributed by atoms with Gasteiger partial charge in [-0.25, -0.2) is 4.98 Å². The Kier molecular flexibility index (Phi) is 6.26. The van der Waals surface area contributed by atoms with Crippen LogP contribution in [0.25, 0.3) is 0 Å². The zero-order chi connectivity index (χ0) is 16.5. The third-order valence-corrected chi connectivity index (χ3v) is 3.96.